The van der Waals surface area contributed by atoms with Crippen molar-refractivity contribution in [1.29, 1.82) is 0 Å². The molecule has 0 radical (unpaired) electrons. The highest BCUT2D eigenvalue weighted by Gasteiger charge is 1.95. The van der Waals surface area contributed by atoms with Crippen LogP contribution in [-0.2, 0) is 16.0 Å². The van der Waals surface area contributed by atoms with Crippen LogP contribution in [0.4, 0.5) is 0 Å². The second-order valence-corrected chi connectivity index (χ2v) is 4.05. The Bertz CT molecular complexity index is 297. The molecular weight excluding hydrogens is 272 g/mol. The van der Waals surface area contributed by atoms with Crippen molar-refractivity contribution >= 4 is 15.9 Å². The molecule has 4 nitrogen and oxygen atoms in total. The van der Waals surface area contributed by atoms with Crippen LogP contribution in [0.5, 0.6) is 0 Å². The lowest BCUT2D eigenvalue weighted by atomic mass is 10.3. The lowest BCUT2D eigenvalue weighted by Gasteiger charge is -2.05. The zero-order chi connectivity index (χ0) is 11.6. The summed E-state index contributed by atoms with van der Waals surface area (Å²) in [7, 11) is 1.67. The van der Waals surface area contributed by atoms with Gasteiger partial charge in [0, 0.05) is 20.2 Å². The van der Waals surface area contributed by atoms with Crippen molar-refractivity contribution in [3.8, 4) is 0 Å². The molecule has 90 valence electrons. The molecule has 0 fully saturated rings. The van der Waals surface area contributed by atoms with Crippen molar-refractivity contribution in [1.82, 2.24) is 10.3 Å². The number of rotatable bonds is 8. The van der Waals surface area contributed by atoms with Gasteiger partial charge in [0.05, 0.1) is 25.5 Å². The standard InChI is InChI=1S/C11H17BrN2O2/c1-15-7-8-16-6-5-13-9-10-3-2-4-11(12)14-10/h2-4,13H,5-9H2,1H3. The minimum absolute atomic E-state index is 0.646. The average Bonchev–Trinajstić information content (AvgIpc) is 2.28. The van der Waals surface area contributed by atoms with Gasteiger partial charge in [0.15, 0.2) is 0 Å². The first kappa shape index (κ1) is 13.6. The zero-order valence-corrected chi connectivity index (χ0v) is 11.0. The Hall–Kier alpha value is -0.490. The third-order valence-corrected chi connectivity index (χ3v) is 2.38. The van der Waals surface area contributed by atoms with Crippen LogP contribution < -0.4 is 5.32 Å². The maximum atomic E-state index is 5.32. The highest BCUT2D eigenvalue weighted by Crippen LogP contribution is 2.05. The molecule has 0 atom stereocenters. The van der Waals surface area contributed by atoms with E-state index in [-0.39, 0.29) is 0 Å². The summed E-state index contributed by atoms with van der Waals surface area (Å²) < 4.78 is 11.1. The van der Waals surface area contributed by atoms with E-state index < -0.39 is 0 Å². The first-order chi connectivity index (χ1) is 7.83. The molecule has 0 aliphatic rings. The summed E-state index contributed by atoms with van der Waals surface area (Å²) in [5.41, 5.74) is 1.02. The largest absolute Gasteiger partial charge is 0.382 e. The first-order valence-corrected chi connectivity index (χ1v) is 6.01. The summed E-state index contributed by atoms with van der Waals surface area (Å²) in [6.07, 6.45) is 0. The van der Waals surface area contributed by atoms with Gasteiger partial charge in [-0.1, -0.05) is 6.07 Å². The summed E-state index contributed by atoms with van der Waals surface area (Å²) >= 11 is 3.34. The van der Waals surface area contributed by atoms with E-state index in [1.165, 1.54) is 0 Å². The molecule has 0 amide bonds. The van der Waals surface area contributed by atoms with Crippen LogP contribution in [0, 0.1) is 0 Å². The fraction of sp³-hybridized carbons (Fsp3) is 0.545. The van der Waals surface area contributed by atoms with Crippen LogP contribution >= 0.6 is 15.9 Å². The third kappa shape index (κ3) is 6.17. The maximum absolute atomic E-state index is 5.32. The molecule has 1 aromatic rings. The van der Waals surface area contributed by atoms with E-state index in [0.717, 1.165) is 23.4 Å². The van der Waals surface area contributed by atoms with Crippen molar-refractivity contribution in [3.63, 3.8) is 0 Å². The first-order valence-electron chi connectivity index (χ1n) is 5.22. The summed E-state index contributed by atoms with van der Waals surface area (Å²) in [5.74, 6) is 0. The predicted molar refractivity (Wildman–Crippen MR) is 66.3 cm³/mol. The van der Waals surface area contributed by atoms with Gasteiger partial charge < -0.3 is 14.8 Å². The number of hydrogen-bond donors (Lipinski definition) is 1. The van der Waals surface area contributed by atoms with Crippen molar-refractivity contribution in [2.75, 3.05) is 33.5 Å². The molecule has 0 aromatic carbocycles. The Balaban J connectivity index is 2.03. The Morgan fingerprint density at radius 3 is 2.94 bits per heavy atom. The summed E-state index contributed by atoms with van der Waals surface area (Å²) in [6, 6.07) is 5.88. The quantitative estimate of drug-likeness (QED) is 0.583. The lowest BCUT2D eigenvalue weighted by Crippen LogP contribution is -2.20. The minimum Gasteiger partial charge on any atom is -0.382 e. The maximum Gasteiger partial charge on any atom is 0.106 e. The van der Waals surface area contributed by atoms with Gasteiger partial charge in [-0.05, 0) is 28.1 Å². The molecule has 0 aliphatic heterocycles. The van der Waals surface area contributed by atoms with Crippen molar-refractivity contribution in [2.24, 2.45) is 0 Å². The van der Waals surface area contributed by atoms with Gasteiger partial charge in [-0.15, -0.1) is 0 Å². The summed E-state index contributed by atoms with van der Waals surface area (Å²) in [6.45, 7) is 3.56. The van der Waals surface area contributed by atoms with E-state index >= 15 is 0 Å². The average molecular weight is 289 g/mol. The number of hydrogen-bond acceptors (Lipinski definition) is 4. The van der Waals surface area contributed by atoms with E-state index in [1.807, 2.05) is 18.2 Å². The monoisotopic (exact) mass is 288 g/mol. The molecule has 0 unspecified atom stereocenters. The number of halogens is 1. The summed E-state index contributed by atoms with van der Waals surface area (Å²) in [5, 5.41) is 3.26. The lowest BCUT2D eigenvalue weighted by molar-refractivity contribution is 0.0719. The Morgan fingerprint density at radius 2 is 2.19 bits per heavy atom. The van der Waals surface area contributed by atoms with Gasteiger partial charge in [-0.2, -0.15) is 0 Å². The number of ether oxygens (including phenoxy) is 2. The highest BCUT2D eigenvalue weighted by molar-refractivity contribution is 9.10. The molecule has 0 saturated heterocycles. The van der Waals surface area contributed by atoms with Gasteiger partial charge in [-0.3, -0.25) is 0 Å². The smallest absolute Gasteiger partial charge is 0.106 e. The van der Waals surface area contributed by atoms with E-state index in [4.69, 9.17) is 9.47 Å². The number of aromatic nitrogens is 1. The van der Waals surface area contributed by atoms with Gasteiger partial charge >= 0.3 is 0 Å². The van der Waals surface area contributed by atoms with Crippen molar-refractivity contribution in [2.45, 2.75) is 6.54 Å². The van der Waals surface area contributed by atoms with E-state index in [0.29, 0.717) is 19.8 Å². The molecule has 0 saturated carbocycles. The Labute approximate surface area is 104 Å². The molecule has 0 spiro atoms. The fourth-order valence-corrected chi connectivity index (χ4v) is 1.53. The molecule has 0 aliphatic carbocycles. The van der Waals surface area contributed by atoms with Gasteiger partial charge in [-0.25, -0.2) is 4.98 Å². The minimum atomic E-state index is 0.646. The SMILES string of the molecule is COCCOCCNCc1cccc(Br)n1. The van der Waals surface area contributed by atoms with Crippen LogP contribution in [-0.4, -0.2) is 38.5 Å². The molecule has 0 bridgehead atoms. The fourth-order valence-electron chi connectivity index (χ4n) is 1.15. The van der Waals surface area contributed by atoms with Crippen LogP contribution in [0.2, 0.25) is 0 Å². The van der Waals surface area contributed by atoms with Gasteiger partial charge in [0.1, 0.15) is 4.60 Å². The van der Waals surface area contributed by atoms with Crippen LogP contribution in [0.15, 0.2) is 22.8 Å². The number of nitrogens with one attached hydrogen (secondary N) is 1. The zero-order valence-electron chi connectivity index (χ0n) is 9.41. The molecule has 1 N–H and O–H groups in total. The van der Waals surface area contributed by atoms with Crippen LogP contribution in [0.1, 0.15) is 5.69 Å². The predicted octanol–water partition coefficient (Wildman–Crippen LogP) is 1.60. The Kier molecular flexibility index (Phi) is 7.33. The number of methoxy groups -OCH3 is 1. The molecular formula is C11H17BrN2O2. The Morgan fingerprint density at radius 1 is 1.31 bits per heavy atom. The normalized spacial score (nSPS) is 10.6. The third-order valence-electron chi connectivity index (χ3n) is 1.93. The second-order valence-electron chi connectivity index (χ2n) is 3.23. The topological polar surface area (TPSA) is 43.4 Å². The molecule has 16 heavy (non-hydrogen) atoms. The molecule has 1 rings (SSSR count). The van der Waals surface area contributed by atoms with Gasteiger partial charge in [0.2, 0.25) is 0 Å². The highest BCUT2D eigenvalue weighted by atomic mass is 79.9. The van der Waals surface area contributed by atoms with Crippen molar-refractivity contribution in [3.05, 3.63) is 28.5 Å². The summed E-state index contributed by atoms with van der Waals surface area (Å²) in [4.78, 5) is 4.31. The number of pyridine rings is 1. The van der Waals surface area contributed by atoms with Gasteiger partial charge in [0.25, 0.3) is 0 Å². The van der Waals surface area contributed by atoms with Crippen LogP contribution in [0.3, 0.4) is 0 Å². The molecule has 1 aromatic heterocycles. The molecule has 1 heterocycles. The van der Waals surface area contributed by atoms with E-state index in [1.54, 1.807) is 7.11 Å². The van der Waals surface area contributed by atoms with Crippen molar-refractivity contribution < 1.29 is 9.47 Å². The second kappa shape index (κ2) is 8.64. The van der Waals surface area contributed by atoms with E-state index in [9.17, 15) is 0 Å². The molecule has 5 heteroatoms. The number of nitrogens with zero attached hydrogens (tertiary/aromatic N) is 1. The van der Waals surface area contributed by atoms with E-state index in [2.05, 4.69) is 26.2 Å². The van der Waals surface area contributed by atoms with Crippen LogP contribution in [0.25, 0.3) is 0 Å².